The number of rotatable bonds is 6. The quantitative estimate of drug-likeness (QED) is 0.763. The van der Waals surface area contributed by atoms with Gasteiger partial charge in [-0.3, -0.25) is 4.79 Å². The van der Waals surface area contributed by atoms with Crippen LogP contribution in [-0.2, 0) is 11.3 Å². The van der Waals surface area contributed by atoms with Crippen LogP contribution >= 0.6 is 0 Å². The Balaban J connectivity index is 1.41. The largest absolute Gasteiger partial charge is 0.493 e. The zero-order valence-electron chi connectivity index (χ0n) is 16.3. The summed E-state index contributed by atoms with van der Waals surface area (Å²) in [7, 11) is 5.21. The van der Waals surface area contributed by atoms with Crippen LogP contribution in [0.25, 0.3) is 0 Å². The van der Waals surface area contributed by atoms with Crippen LogP contribution in [0.2, 0.25) is 0 Å². The van der Waals surface area contributed by atoms with Gasteiger partial charge in [-0.1, -0.05) is 6.07 Å². The number of hydrogen-bond acceptors (Lipinski definition) is 3. The maximum atomic E-state index is 13.0. The number of ether oxygens (including phenoxy) is 2. The molecular formula is C22H31NO3. The summed E-state index contributed by atoms with van der Waals surface area (Å²) in [6.07, 6.45) is 8.87. The van der Waals surface area contributed by atoms with Crippen LogP contribution in [0.3, 0.4) is 0 Å². The predicted octanol–water partition coefficient (Wildman–Crippen LogP) is 4.27. The van der Waals surface area contributed by atoms with E-state index in [0.29, 0.717) is 23.6 Å². The Labute approximate surface area is 156 Å². The summed E-state index contributed by atoms with van der Waals surface area (Å²) in [5.41, 5.74) is 1.38. The smallest absolute Gasteiger partial charge is 0.223 e. The van der Waals surface area contributed by atoms with Gasteiger partial charge in [0.25, 0.3) is 0 Å². The number of carbonyl (C=O) groups excluding carboxylic acids is 1. The van der Waals surface area contributed by atoms with Gasteiger partial charge < -0.3 is 14.4 Å². The molecule has 0 unspecified atom stereocenters. The molecule has 0 spiro atoms. The van der Waals surface area contributed by atoms with Gasteiger partial charge in [-0.2, -0.15) is 0 Å². The summed E-state index contributed by atoms with van der Waals surface area (Å²) in [6, 6.07) is 5.88. The third-order valence-corrected chi connectivity index (χ3v) is 6.98. The zero-order chi connectivity index (χ0) is 18.3. The highest BCUT2D eigenvalue weighted by atomic mass is 16.5. The Hall–Kier alpha value is -1.71. The lowest BCUT2D eigenvalue weighted by Crippen LogP contribution is -2.48. The Morgan fingerprint density at radius 1 is 1.04 bits per heavy atom. The van der Waals surface area contributed by atoms with Crippen molar-refractivity contribution in [1.82, 2.24) is 4.90 Å². The summed E-state index contributed by atoms with van der Waals surface area (Å²) in [5.74, 6) is 4.41. The molecule has 4 aliphatic carbocycles. The van der Waals surface area contributed by atoms with Crippen LogP contribution in [-0.4, -0.2) is 32.1 Å². The molecule has 0 heterocycles. The standard InChI is InChI=1S/C22H31NO3/c1-23(14-15-4-5-19(25-2)20(9-15)26-3)21(24)13-22-10-16-6-17(11-22)8-18(7-16)12-22/h4-5,9,16-18H,6-8,10-14H2,1-3H3. The summed E-state index contributed by atoms with van der Waals surface area (Å²) < 4.78 is 10.7. The van der Waals surface area contributed by atoms with Gasteiger partial charge in [0.05, 0.1) is 14.2 Å². The van der Waals surface area contributed by atoms with Crippen LogP contribution < -0.4 is 9.47 Å². The molecule has 0 aromatic heterocycles. The summed E-state index contributed by atoms with van der Waals surface area (Å²) in [5, 5.41) is 0. The van der Waals surface area contributed by atoms with Gasteiger partial charge in [-0.15, -0.1) is 0 Å². The first kappa shape index (κ1) is 17.7. The van der Waals surface area contributed by atoms with Crippen molar-refractivity contribution in [3.63, 3.8) is 0 Å². The molecule has 1 amide bonds. The molecule has 4 nitrogen and oxygen atoms in total. The summed E-state index contributed by atoms with van der Waals surface area (Å²) in [6.45, 7) is 0.617. The Morgan fingerprint density at radius 3 is 2.15 bits per heavy atom. The molecule has 4 fully saturated rings. The average molecular weight is 357 g/mol. The molecule has 142 valence electrons. The van der Waals surface area contributed by atoms with Gasteiger partial charge in [0.15, 0.2) is 11.5 Å². The number of hydrogen-bond donors (Lipinski definition) is 0. The van der Waals surface area contributed by atoms with Gasteiger partial charge in [0.1, 0.15) is 0 Å². The number of methoxy groups -OCH3 is 2. The van der Waals surface area contributed by atoms with E-state index in [1.54, 1.807) is 14.2 Å². The minimum absolute atomic E-state index is 0.293. The molecule has 1 aromatic carbocycles. The number of amides is 1. The molecule has 0 aliphatic heterocycles. The van der Waals surface area contributed by atoms with Crippen LogP contribution in [0.15, 0.2) is 18.2 Å². The molecule has 4 aliphatic rings. The lowest BCUT2D eigenvalue weighted by atomic mass is 9.49. The zero-order valence-corrected chi connectivity index (χ0v) is 16.3. The van der Waals surface area contributed by atoms with Crippen molar-refractivity contribution < 1.29 is 14.3 Å². The van der Waals surface area contributed by atoms with Crippen LogP contribution in [0.1, 0.15) is 50.5 Å². The third-order valence-electron chi connectivity index (χ3n) is 6.98. The van der Waals surface area contributed by atoms with Crippen molar-refractivity contribution in [2.24, 2.45) is 23.2 Å². The van der Waals surface area contributed by atoms with E-state index in [1.807, 2.05) is 30.1 Å². The van der Waals surface area contributed by atoms with E-state index < -0.39 is 0 Å². The van der Waals surface area contributed by atoms with Crippen LogP contribution in [0.5, 0.6) is 11.5 Å². The fourth-order valence-electron chi connectivity index (χ4n) is 6.30. The van der Waals surface area contributed by atoms with E-state index in [4.69, 9.17) is 9.47 Å². The Bertz CT molecular complexity index is 649. The average Bonchev–Trinajstić information content (AvgIpc) is 2.59. The van der Waals surface area contributed by atoms with Crippen molar-refractivity contribution in [2.75, 3.05) is 21.3 Å². The van der Waals surface area contributed by atoms with E-state index >= 15 is 0 Å². The molecule has 0 atom stereocenters. The third kappa shape index (κ3) is 3.30. The molecular weight excluding hydrogens is 326 g/mol. The van der Waals surface area contributed by atoms with Crippen molar-refractivity contribution in [3.8, 4) is 11.5 Å². The fraction of sp³-hybridized carbons (Fsp3) is 0.682. The normalized spacial score (nSPS) is 31.7. The second-order valence-electron chi connectivity index (χ2n) is 9.03. The molecule has 1 aromatic rings. The second kappa shape index (κ2) is 6.79. The first-order chi connectivity index (χ1) is 12.5. The van der Waals surface area contributed by atoms with Crippen molar-refractivity contribution in [2.45, 2.75) is 51.5 Å². The monoisotopic (exact) mass is 357 g/mol. The molecule has 4 saturated carbocycles. The van der Waals surface area contributed by atoms with E-state index in [0.717, 1.165) is 35.5 Å². The van der Waals surface area contributed by atoms with Crippen LogP contribution in [0.4, 0.5) is 0 Å². The van der Waals surface area contributed by atoms with E-state index in [9.17, 15) is 4.79 Å². The number of nitrogens with zero attached hydrogens (tertiary/aromatic N) is 1. The Morgan fingerprint density at radius 2 is 1.62 bits per heavy atom. The predicted molar refractivity (Wildman–Crippen MR) is 101 cm³/mol. The van der Waals surface area contributed by atoms with Gasteiger partial charge in [0, 0.05) is 20.0 Å². The SMILES string of the molecule is COc1ccc(CN(C)C(=O)CC23CC4CC(CC(C4)C2)C3)cc1OC. The van der Waals surface area contributed by atoms with Gasteiger partial charge in [-0.05, 0) is 79.4 Å². The van der Waals surface area contributed by atoms with E-state index in [1.165, 1.54) is 38.5 Å². The first-order valence-corrected chi connectivity index (χ1v) is 9.95. The summed E-state index contributed by atoms with van der Waals surface area (Å²) in [4.78, 5) is 14.9. The highest BCUT2D eigenvalue weighted by Crippen LogP contribution is 2.61. The maximum Gasteiger partial charge on any atom is 0.223 e. The number of carbonyl (C=O) groups is 1. The topological polar surface area (TPSA) is 38.8 Å². The van der Waals surface area contributed by atoms with Gasteiger partial charge in [-0.25, -0.2) is 0 Å². The maximum absolute atomic E-state index is 13.0. The van der Waals surface area contributed by atoms with Gasteiger partial charge >= 0.3 is 0 Å². The van der Waals surface area contributed by atoms with Crippen molar-refractivity contribution in [1.29, 1.82) is 0 Å². The minimum Gasteiger partial charge on any atom is -0.493 e. The lowest BCUT2D eigenvalue weighted by Gasteiger charge is -2.56. The molecule has 26 heavy (non-hydrogen) atoms. The van der Waals surface area contributed by atoms with Gasteiger partial charge in [0.2, 0.25) is 5.91 Å². The number of benzene rings is 1. The first-order valence-electron chi connectivity index (χ1n) is 9.95. The van der Waals surface area contributed by atoms with Crippen molar-refractivity contribution in [3.05, 3.63) is 23.8 Å². The fourth-order valence-corrected chi connectivity index (χ4v) is 6.30. The molecule has 5 rings (SSSR count). The molecule has 0 radical (unpaired) electrons. The summed E-state index contributed by atoms with van der Waals surface area (Å²) >= 11 is 0. The second-order valence-corrected chi connectivity index (χ2v) is 9.03. The minimum atomic E-state index is 0.293. The van der Waals surface area contributed by atoms with E-state index in [-0.39, 0.29) is 0 Å². The molecule has 0 N–H and O–H groups in total. The van der Waals surface area contributed by atoms with E-state index in [2.05, 4.69) is 0 Å². The molecule has 4 bridgehead atoms. The van der Waals surface area contributed by atoms with Crippen LogP contribution in [0, 0.1) is 23.2 Å². The van der Waals surface area contributed by atoms with Crippen molar-refractivity contribution >= 4 is 5.91 Å². The molecule has 4 heteroatoms. The highest BCUT2D eigenvalue weighted by molar-refractivity contribution is 5.76. The Kier molecular flexibility index (Phi) is 4.62. The molecule has 0 saturated heterocycles. The highest BCUT2D eigenvalue weighted by Gasteiger charge is 2.51. The lowest BCUT2D eigenvalue weighted by molar-refractivity contribution is -0.138.